The minimum Gasteiger partial charge on any atom is -0.545 e. The zero-order chi connectivity index (χ0) is 22.4. The van der Waals surface area contributed by atoms with Crippen molar-refractivity contribution in [1.82, 2.24) is 19.9 Å². The van der Waals surface area contributed by atoms with E-state index in [1.807, 2.05) is 0 Å². The van der Waals surface area contributed by atoms with Crippen molar-refractivity contribution >= 4 is 5.97 Å². The summed E-state index contributed by atoms with van der Waals surface area (Å²) in [5.74, 6) is -1.21. The Morgan fingerprint density at radius 3 is 1.59 bits per heavy atom. The SMILES string of the molecule is COc1cc(OC)nc(Oc2cccc(C(=O)[O-])c2Oc2nc(OC)cc(OC)n2)n1.[Na+]. The monoisotopic (exact) mass is 452 g/mol. The van der Waals surface area contributed by atoms with Gasteiger partial charge >= 0.3 is 41.6 Å². The number of hydrogen-bond acceptors (Lipinski definition) is 12. The van der Waals surface area contributed by atoms with E-state index >= 15 is 0 Å². The van der Waals surface area contributed by atoms with E-state index in [1.165, 1.54) is 58.8 Å². The van der Waals surface area contributed by atoms with E-state index < -0.39 is 5.97 Å². The summed E-state index contributed by atoms with van der Waals surface area (Å²) in [7, 11) is 5.60. The van der Waals surface area contributed by atoms with Crippen molar-refractivity contribution in [3.05, 3.63) is 35.9 Å². The third kappa shape index (κ3) is 5.87. The van der Waals surface area contributed by atoms with Gasteiger partial charge in [0.2, 0.25) is 23.5 Å². The number of hydrogen-bond donors (Lipinski definition) is 0. The smallest absolute Gasteiger partial charge is 0.545 e. The molecule has 0 bridgehead atoms. The topological polar surface area (TPSA) is 147 Å². The number of aromatic carboxylic acids is 1. The molecule has 2 aromatic heterocycles. The Morgan fingerprint density at radius 2 is 1.19 bits per heavy atom. The maximum Gasteiger partial charge on any atom is 1.00 e. The second-order valence-corrected chi connectivity index (χ2v) is 5.59. The third-order valence-electron chi connectivity index (χ3n) is 3.75. The van der Waals surface area contributed by atoms with E-state index in [0.29, 0.717) is 0 Å². The van der Waals surface area contributed by atoms with Crippen molar-refractivity contribution in [3.8, 4) is 47.0 Å². The second kappa shape index (κ2) is 11.3. The molecule has 0 unspecified atom stereocenters. The van der Waals surface area contributed by atoms with Crippen LogP contribution in [-0.2, 0) is 0 Å². The maximum absolute atomic E-state index is 11.7. The van der Waals surface area contributed by atoms with Gasteiger partial charge in [-0.1, -0.05) is 6.07 Å². The van der Waals surface area contributed by atoms with Gasteiger partial charge in [0.25, 0.3) is 0 Å². The van der Waals surface area contributed by atoms with Gasteiger partial charge in [0, 0.05) is 5.56 Å². The minimum atomic E-state index is -1.51. The number of benzene rings is 1. The fourth-order valence-corrected chi connectivity index (χ4v) is 2.33. The first kappa shape index (κ1) is 24.9. The molecule has 0 radical (unpaired) electrons. The molecule has 3 aromatic rings. The van der Waals surface area contributed by atoms with Crippen LogP contribution < -0.4 is 63.1 Å². The van der Waals surface area contributed by atoms with Crippen molar-refractivity contribution in [2.45, 2.75) is 0 Å². The van der Waals surface area contributed by atoms with Crippen LogP contribution >= 0.6 is 0 Å². The predicted octanol–water partition coefficient (Wildman–Crippen LogP) is -1.75. The first-order chi connectivity index (χ1) is 15.0. The van der Waals surface area contributed by atoms with Gasteiger partial charge in [-0.2, -0.15) is 19.9 Å². The molecule has 162 valence electrons. The van der Waals surface area contributed by atoms with Gasteiger partial charge in [-0.15, -0.1) is 0 Å². The molecule has 0 fully saturated rings. The van der Waals surface area contributed by atoms with E-state index in [4.69, 9.17) is 28.4 Å². The standard InChI is InChI=1S/C19H18N4O8.Na/c1-26-12-8-13(27-2)21-18(20-12)30-11-7-5-6-10(17(24)25)16(11)31-19-22-14(28-3)9-15(23-19)29-4;/h5-9H,1-4H3,(H,24,25);/q;+1/p-1. The molecule has 2 heterocycles. The summed E-state index contributed by atoms with van der Waals surface area (Å²) in [5, 5.41) is 11.7. The summed E-state index contributed by atoms with van der Waals surface area (Å²) in [5.41, 5.74) is -0.322. The molecular formula is C19H17N4NaO8. The van der Waals surface area contributed by atoms with E-state index in [1.54, 1.807) is 0 Å². The number of nitrogens with zero attached hydrogens (tertiary/aromatic N) is 4. The Kier molecular flexibility index (Phi) is 8.81. The Hall–Kier alpha value is -3.35. The van der Waals surface area contributed by atoms with Gasteiger partial charge in [0.15, 0.2) is 11.5 Å². The molecular weight excluding hydrogens is 435 g/mol. The first-order valence-electron chi connectivity index (χ1n) is 8.61. The van der Waals surface area contributed by atoms with Crippen molar-refractivity contribution in [2.24, 2.45) is 0 Å². The normalized spacial score (nSPS) is 9.88. The molecule has 0 amide bonds. The maximum atomic E-state index is 11.7. The first-order valence-corrected chi connectivity index (χ1v) is 8.61. The van der Waals surface area contributed by atoms with Crippen molar-refractivity contribution in [3.63, 3.8) is 0 Å². The van der Waals surface area contributed by atoms with Crippen molar-refractivity contribution < 1.29 is 67.9 Å². The molecule has 0 N–H and O–H groups in total. The van der Waals surface area contributed by atoms with Gasteiger partial charge in [-0.05, 0) is 12.1 Å². The van der Waals surface area contributed by atoms with Crippen LogP contribution in [0.5, 0.6) is 47.0 Å². The van der Waals surface area contributed by atoms with Gasteiger partial charge in [0.1, 0.15) is 0 Å². The summed E-state index contributed by atoms with van der Waals surface area (Å²) in [4.78, 5) is 27.8. The summed E-state index contributed by atoms with van der Waals surface area (Å²) < 4.78 is 31.6. The van der Waals surface area contributed by atoms with Crippen molar-refractivity contribution in [1.29, 1.82) is 0 Å². The number of methoxy groups -OCH3 is 4. The summed E-state index contributed by atoms with van der Waals surface area (Å²) in [6, 6.07) is 6.57. The van der Waals surface area contributed by atoms with E-state index in [0.717, 1.165) is 0 Å². The predicted molar refractivity (Wildman–Crippen MR) is 101 cm³/mol. The quantitative estimate of drug-likeness (QED) is 0.339. The Labute approximate surface area is 204 Å². The minimum absolute atomic E-state index is 0. The molecule has 0 aliphatic carbocycles. The van der Waals surface area contributed by atoms with Gasteiger partial charge in [0.05, 0.1) is 46.5 Å². The number of carboxylic acids is 1. The zero-order valence-electron chi connectivity index (χ0n) is 17.9. The van der Waals surface area contributed by atoms with Crippen LogP contribution in [0.4, 0.5) is 0 Å². The Bertz CT molecular complexity index is 1050. The molecule has 12 nitrogen and oxygen atoms in total. The molecule has 13 heteroatoms. The molecule has 3 rings (SSSR count). The number of rotatable bonds is 9. The Balaban J connectivity index is 0.00000363. The van der Waals surface area contributed by atoms with Crippen LogP contribution in [0.3, 0.4) is 0 Å². The number of aromatic nitrogens is 4. The summed E-state index contributed by atoms with van der Waals surface area (Å²) >= 11 is 0. The molecule has 32 heavy (non-hydrogen) atoms. The van der Waals surface area contributed by atoms with E-state index in [2.05, 4.69) is 19.9 Å². The van der Waals surface area contributed by atoms with Gasteiger partial charge in [-0.3, -0.25) is 0 Å². The number of para-hydroxylation sites is 1. The molecule has 0 aliphatic rings. The zero-order valence-corrected chi connectivity index (χ0v) is 19.9. The van der Waals surface area contributed by atoms with Gasteiger partial charge < -0.3 is 38.3 Å². The summed E-state index contributed by atoms with van der Waals surface area (Å²) in [6.45, 7) is 0. The molecule has 0 spiro atoms. The molecule has 0 saturated heterocycles. The fourth-order valence-electron chi connectivity index (χ4n) is 2.33. The van der Waals surface area contributed by atoms with Crippen LogP contribution in [0.15, 0.2) is 30.3 Å². The van der Waals surface area contributed by atoms with Crippen LogP contribution in [0.2, 0.25) is 0 Å². The molecule has 1 aromatic carbocycles. The second-order valence-electron chi connectivity index (χ2n) is 5.59. The Morgan fingerprint density at radius 1 is 0.750 bits per heavy atom. The summed E-state index contributed by atoms with van der Waals surface area (Å²) in [6.07, 6.45) is 0. The van der Waals surface area contributed by atoms with Crippen molar-refractivity contribution in [2.75, 3.05) is 28.4 Å². The van der Waals surface area contributed by atoms with Gasteiger partial charge in [-0.25, -0.2) is 0 Å². The van der Waals surface area contributed by atoms with E-state index in [9.17, 15) is 9.90 Å². The third-order valence-corrected chi connectivity index (χ3v) is 3.75. The number of ether oxygens (including phenoxy) is 6. The molecule has 0 saturated carbocycles. The number of carbonyl (C=O) groups excluding carboxylic acids is 1. The molecule has 0 atom stereocenters. The number of carbonyl (C=O) groups is 1. The van der Waals surface area contributed by atoms with Crippen LogP contribution in [0, 0.1) is 0 Å². The van der Waals surface area contributed by atoms with E-state index in [-0.39, 0.29) is 82.2 Å². The number of carboxylic acid groups (broad SMARTS) is 1. The fraction of sp³-hybridized carbons (Fsp3) is 0.211. The molecule has 0 aliphatic heterocycles. The average molecular weight is 452 g/mol. The van der Waals surface area contributed by atoms with Crippen LogP contribution in [0.1, 0.15) is 10.4 Å². The van der Waals surface area contributed by atoms with Crippen LogP contribution in [0.25, 0.3) is 0 Å². The van der Waals surface area contributed by atoms with Crippen LogP contribution in [-0.4, -0.2) is 54.3 Å². The largest absolute Gasteiger partial charge is 1.00 e. The average Bonchev–Trinajstić information content (AvgIpc) is 2.79.